The predicted molar refractivity (Wildman–Crippen MR) is 77.3 cm³/mol. The first-order chi connectivity index (χ1) is 9.15. The molecule has 0 aromatic heterocycles. The average molecular weight is 253 g/mol. The van der Waals surface area contributed by atoms with Crippen LogP contribution in [0.4, 0.5) is 0 Å². The van der Waals surface area contributed by atoms with Crippen molar-refractivity contribution in [2.24, 2.45) is 5.73 Å². The zero-order chi connectivity index (χ0) is 13.4. The molecule has 3 rings (SSSR count). The summed E-state index contributed by atoms with van der Waals surface area (Å²) in [5, 5.41) is 0. The third-order valence-corrected chi connectivity index (χ3v) is 3.84. The Labute approximate surface area is 114 Å². The smallest absolute Gasteiger partial charge is 0.126 e. The number of rotatable bonds is 1. The summed E-state index contributed by atoms with van der Waals surface area (Å²) in [6.07, 6.45) is 0.895. The molecule has 0 spiro atoms. The van der Waals surface area contributed by atoms with Crippen molar-refractivity contribution in [1.82, 2.24) is 0 Å². The third-order valence-electron chi connectivity index (χ3n) is 3.84. The molecule has 19 heavy (non-hydrogen) atoms. The Kier molecular flexibility index (Phi) is 3.03. The zero-order valence-electron chi connectivity index (χ0n) is 11.4. The van der Waals surface area contributed by atoms with Crippen molar-refractivity contribution in [3.63, 3.8) is 0 Å². The van der Waals surface area contributed by atoms with Gasteiger partial charge < -0.3 is 10.5 Å². The van der Waals surface area contributed by atoms with Gasteiger partial charge in [-0.05, 0) is 31.0 Å². The average Bonchev–Trinajstić information content (AvgIpc) is 2.41. The second-order valence-electron chi connectivity index (χ2n) is 5.35. The Balaban J connectivity index is 1.99. The first-order valence-electron chi connectivity index (χ1n) is 6.73. The molecule has 2 nitrogen and oxygen atoms in total. The van der Waals surface area contributed by atoms with Crippen molar-refractivity contribution >= 4 is 0 Å². The second kappa shape index (κ2) is 4.71. The molecule has 1 heterocycles. The van der Waals surface area contributed by atoms with Crippen molar-refractivity contribution in [1.29, 1.82) is 0 Å². The number of para-hydroxylation sites is 1. The lowest BCUT2D eigenvalue weighted by atomic mass is 9.91. The van der Waals surface area contributed by atoms with E-state index in [1.54, 1.807) is 0 Å². The number of hydrogen-bond acceptors (Lipinski definition) is 2. The summed E-state index contributed by atoms with van der Waals surface area (Å²) in [6.45, 7) is 4.24. The Bertz CT molecular complexity index is 606. The lowest BCUT2D eigenvalue weighted by Gasteiger charge is -2.31. The number of aryl methyl sites for hydroxylation is 2. The fourth-order valence-corrected chi connectivity index (χ4v) is 2.75. The first kappa shape index (κ1) is 12.2. The van der Waals surface area contributed by atoms with E-state index in [-0.39, 0.29) is 12.1 Å². The molecule has 1 aliphatic rings. The van der Waals surface area contributed by atoms with Gasteiger partial charge in [0.2, 0.25) is 0 Å². The molecule has 0 saturated carbocycles. The highest BCUT2D eigenvalue weighted by atomic mass is 16.5. The lowest BCUT2D eigenvalue weighted by molar-refractivity contribution is 0.161. The van der Waals surface area contributed by atoms with Gasteiger partial charge >= 0.3 is 0 Å². The van der Waals surface area contributed by atoms with E-state index >= 15 is 0 Å². The molecule has 98 valence electrons. The second-order valence-corrected chi connectivity index (χ2v) is 5.35. The van der Waals surface area contributed by atoms with Gasteiger partial charge in [-0.3, -0.25) is 0 Å². The Hall–Kier alpha value is -1.80. The minimum Gasteiger partial charge on any atom is -0.485 e. The van der Waals surface area contributed by atoms with Crippen LogP contribution in [0.3, 0.4) is 0 Å². The summed E-state index contributed by atoms with van der Waals surface area (Å²) < 4.78 is 6.14. The molecular weight excluding hydrogens is 234 g/mol. The highest BCUT2D eigenvalue weighted by molar-refractivity contribution is 5.40. The van der Waals surface area contributed by atoms with E-state index in [0.29, 0.717) is 0 Å². The van der Waals surface area contributed by atoms with Crippen LogP contribution < -0.4 is 10.5 Å². The third kappa shape index (κ3) is 2.24. The van der Waals surface area contributed by atoms with Gasteiger partial charge in [0.25, 0.3) is 0 Å². The quantitative estimate of drug-likeness (QED) is 0.838. The first-order valence-corrected chi connectivity index (χ1v) is 6.73. The van der Waals surface area contributed by atoms with Gasteiger partial charge in [0.05, 0.1) is 0 Å². The molecule has 2 heteroatoms. The van der Waals surface area contributed by atoms with Crippen LogP contribution in [0.2, 0.25) is 0 Å². The molecule has 0 aliphatic carbocycles. The maximum absolute atomic E-state index is 6.28. The van der Waals surface area contributed by atoms with E-state index in [0.717, 1.165) is 17.7 Å². The van der Waals surface area contributed by atoms with E-state index in [1.165, 1.54) is 16.7 Å². The van der Waals surface area contributed by atoms with E-state index in [4.69, 9.17) is 10.5 Å². The number of hydrogen-bond donors (Lipinski definition) is 1. The van der Waals surface area contributed by atoms with Gasteiger partial charge in [0.1, 0.15) is 11.9 Å². The minimum absolute atomic E-state index is 0.0508. The summed E-state index contributed by atoms with van der Waals surface area (Å²) in [5.41, 5.74) is 11.2. The molecule has 2 atom stereocenters. The molecule has 1 unspecified atom stereocenters. The Morgan fingerprint density at radius 1 is 1.05 bits per heavy atom. The van der Waals surface area contributed by atoms with Crippen molar-refractivity contribution in [2.75, 3.05) is 0 Å². The van der Waals surface area contributed by atoms with Crippen LogP contribution in [0.15, 0.2) is 42.5 Å². The number of benzene rings is 2. The monoisotopic (exact) mass is 253 g/mol. The molecular formula is C17H19NO. The van der Waals surface area contributed by atoms with Crippen LogP contribution in [-0.4, -0.2) is 0 Å². The normalized spacial score (nSPS) is 21.6. The summed E-state index contributed by atoms with van der Waals surface area (Å²) >= 11 is 0. The van der Waals surface area contributed by atoms with Gasteiger partial charge in [-0.25, -0.2) is 0 Å². The maximum Gasteiger partial charge on any atom is 0.126 e. The molecule has 1 aliphatic heterocycles. The van der Waals surface area contributed by atoms with Crippen LogP contribution >= 0.6 is 0 Å². The molecule has 2 aromatic carbocycles. The van der Waals surface area contributed by atoms with Crippen LogP contribution in [0.1, 0.15) is 40.8 Å². The van der Waals surface area contributed by atoms with Gasteiger partial charge in [-0.2, -0.15) is 0 Å². The minimum atomic E-state index is 0.0508. The fourth-order valence-electron chi connectivity index (χ4n) is 2.75. The van der Waals surface area contributed by atoms with Gasteiger partial charge in [-0.1, -0.05) is 42.0 Å². The van der Waals surface area contributed by atoms with Crippen LogP contribution in [0, 0.1) is 13.8 Å². The highest BCUT2D eigenvalue weighted by Gasteiger charge is 2.27. The molecule has 2 aromatic rings. The van der Waals surface area contributed by atoms with Crippen LogP contribution in [0.25, 0.3) is 0 Å². The van der Waals surface area contributed by atoms with Crippen LogP contribution in [-0.2, 0) is 0 Å². The molecule has 0 fully saturated rings. The summed E-state index contributed by atoms with van der Waals surface area (Å²) in [7, 11) is 0. The maximum atomic E-state index is 6.28. The predicted octanol–water partition coefficient (Wildman–Crippen LogP) is 3.83. The standard InChI is InChI=1S/C17H19NO/c1-11-7-8-12(2)14(9-11)17-10-15(18)13-5-3-4-6-16(13)19-17/h3-9,15,17H,10,18H2,1-2H3/t15-,17?/m0/s1. The van der Waals surface area contributed by atoms with E-state index in [1.807, 2.05) is 18.2 Å². The number of nitrogens with two attached hydrogens (primary N) is 1. The summed E-state index contributed by atoms with van der Waals surface area (Å²) in [4.78, 5) is 0. The van der Waals surface area contributed by atoms with Crippen molar-refractivity contribution in [3.8, 4) is 5.75 Å². The highest BCUT2D eigenvalue weighted by Crippen LogP contribution is 2.40. The van der Waals surface area contributed by atoms with Gasteiger partial charge in [0.15, 0.2) is 0 Å². The van der Waals surface area contributed by atoms with Crippen molar-refractivity contribution in [2.45, 2.75) is 32.4 Å². The molecule has 0 radical (unpaired) electrons. The van der Waals surface area contributed by atoms with Crippen LogP contribution in [0.5, 0.6) is 5.75 Å². The van der Waals surface area contributed by atoms with Crippen molar-refractivity contribution < 1.29 is 4.74 Å². The molecule has 2 N–H and O–H groups in total. The van der Waals surface area contributed by atoms with E-state index < -0.39 is 0 Å². The molecule has 0 amide bonds. The van der Waals surface area contributed by atoms with Crippen molar-refractivity contribution in [3.05, 3.63) is 64.7 Å². The SMILES string of the molecule is Cc1ccc(C)c(C2C[C@H](N)c3ccccc3O2)c1. The summed E-state index contributed by atoms with van der Waals surface area (Å²) in [5.74, 6) is 0.923. The Morgan fingerprint density at radius 3 is 2.68 bits per heavy atom. The van der Waals surface area contributed by atoms with Gasteiger partial charge in [-0.15, -0.1) is 0 Å². The van der Waals surface area contributed by atoms with Gasteiger partial charge in [0, 0.05) is 18.0 Å². The lowest BCUT2D eigenvalue weighted by Crippen LogP contribution is -2.24. The van der Waals surface area contributed by atoms with E-state index in [9.17, 15) is 0 Å². The fraction of sp³-hybridized carbons (Fsp3) is 0.294. The zero-order valence-corrected chi connectivity index (χ0v) is 11.4. The number of fused-ring (bicyclic) bond motifs is 1. The molecule has 0 saturated heterocycles. The topological polar surface area (TPSA) is 35.2 Å². The van der Waals surface area contributed by atoms with E-state index in [2.05, 4.69) is 38.1 Å². The summed E-state index contributed by atoms with van der Waals surface area (Å²) in [6, 6.07) is 14.6. The number of ether oxygens (including phenoxy) is 1. The Morgan fingerprint density at radius 2 is 1.84 bits per heavy atom. The largest absolute Gasteiger partial charge is 0.485 e. The molecule has 0 bridgehead atoms.